The Morgan fingerprint density at radius 3 is 2.19 bits per heavy atom. The Hall–Kier alpha value is -4.74. The molecule has 2 aromatic carbocycles. The van der Waals surface area contributed by atoms with E-state index in [4.69, 9.17) is 0 Å². The molecule has 3 aromatic rings. The van der Waals surface area contributed by atoms with Crippen LogP contribution in [0.4, 0.5) is 19.0 Å². The second-order valence-corrected chi connectivity index (χ2v) is 11.6. The summed E-state index contributed by atoms with van der Waals surface area (Å²) in [5.74, 6) is -4.11. The third-order valence-electron chi connectivity index (χ3n) is 8.04. The van der Waals surface area contributed by atoms with Crippen molar-refractivity contribution in [3.63, 3.8) is 0 Å². The monoisotopic (exact) mass is 652 g/mol. The van der Waals surface area contributed by atoms with E-state index in [0.29, 0.717) is 30.8 Å². The highest BCUT2D eigenvalue weighted by Crippen LogP contribution is 2.29. The van der Waals surface area contributed by atoms with Gasteiger partial charge in [0.15, 0.2) is 0 Å². The highest BCUT2D eigenvalue weighted by molar-refractivity contribution is 5.90. The van der Waals surface area contributed by atoms with Crippen LogP contribution in [0.5, 0.6) is 0 Å². The molecule has 0 aliphatic heterocycles. The summed E-state index contributed by atoms with van der Waals surface area (Å²) in [7, 11) is 0. The van der Waals surface area contributed by atoms with E-state index in [0.717, 1.165) is 43.2 Å². The van der Waals surface area contributed by atoms with Crippen molar-refractivity contribution < 1.29 is 37.1 Å². The fourth-order valence-corrected chi connectivity index (χ4v) is 5.62. The molecule has 1 fully saturated rings. The lowest BCUT2D eigenvalue weighted by Gasteiger charge is -2.28. The minimum absolute atomic E-state index is 0.143. The van der Waals surface area contributed by atoms with Gasteiger partial charge in [-0.15, -0.1) is 0 Å². The summed E-state index contributed by atoms with van der Waals surface area (Å²) in [6.07, 6.45) is 1.51. The second-order valence-electron chi connectivity index (χ2n) is 11.6. The molecule has 1 aromatic heterocycles. The zero-order valence-corrected chi connectivity index (χ0v) is 25.9. The lowest BCUT2D eigenvalue weighted by molar-refractivity contribution is -0.202. The number of anilines is 1. The number of hydrogen-bond acceptors (Lipinski definition) is 7. The van der Waals surface area contributed by atoms with Crippen LogP contribution >= 0.6 is 0 Å². The fourth-order valence-electron chi connectivity index (χ4n) is 5.62. The number of rotatable bonds is 14. The number of carbonyl (C=O) groups excluding carboxylic acids is 4. The van der Waals surface area contributed by atoms with E-state index in [1.165, 1.54) is 0 Å². The quantitative estimate of drug-likeness (QED) is 0.106. The van der Waals surface area contributed by atoms with E-state index in [1.807, 2.05) is 42.5 Å². The minimum atomic E-state index is -5.35. The molecule has 250 valence electrons. The van der Waals surface area contributed by atoms with Gasteiger partial charge in [-0.3, -0.25) is 14.4 Å². The number of aromatic nitrogens is 1. The van der Waals surface area contributed by atoms with Crippen LogP contribution in [0, 0.1) is 5.92 Å². The molecule has 1 heterocycles. The molecular formula is C35H39F3N4O5. The maximum absolute atomic E-state index is 13.8. The average Bonchev–Trinajstić information content (AvgIpc) is 3.07. The molecule has 0 saturated heterocycles. The van der Waals surface area contributed by atoms with E-state index in [2.05, 4.69) is 25.7 Å². The summed E-state index contributed by atoms with van der Waals surface area (Å²) >= 11 is 0. The largest absolute Gasteiger partial charge is 0.491 e. The van der Waals surface area contributed by atoms with Crippen molar-refractivity contribution >= 4 is 29.6 Å². The first-order chi connectivity index (χ1) is 22.6. The summed E-state index contributed by atoms with van der Waals surface area (Å²) in [5.41, 5.74) is 2.17. The van der Waals surface area contributed by atoms with Crippen molar-refractivity contribution in [2.24, 2.45) is 5.92 Å². The normalized spacial score (nSPS) is 14.8. The molecular weight excluding hydrogens is 613 g/mol. The molecule has 0 spiro atoms. The predicted molar refractivity (Wildman–Crippen MR) is 170 cm³/mol. The number of esters is 2. The topological polar surface area (TPSA) is 126 Å². The van der Waals surface area contributed by atoms with Crippen LogP contribution in [0.2, 0.25) is 0 Å². The first-order valence-electron chi connectivity index (χ1n) is 15.8. The zero-order valence-electron chi connectivity index (χ0n) is 25.9. The lowest BCUT2D eigenvalue weighted by Crippen LogP contribution is -2.49. The van der Waals surface area contributed by atoms with Gasteiger partial charge in [-0.05, 0) is 47.6 Å². The summed E-state index contributed by atoms with van der Waals surface area (Å²) in [6.45, 7) is 0.490. The molecule has 47 heavy (non-hydrogen) atoms. The number of hydrogen-bond donors (Lipinski definition) is 3. The van der Waals surface area contributed by atoms with Crippen molar-refractivity contribution in [1.82, 2.24) is 15.6 Å². The number of nitrogens with one attached hydrogen (secondary N) is 3. The SMILES string of the molecule is O=C(CCCNc1ccccn1)N[C@@H](CC1CCCCC1)C(=O)NC(CC(=O)OC(=O)C(F)(F)F)c1ccc(-c2ccccc2)cc1. The molecule has 0 bridgehead atoms. The molecule has 1 aliphatic carbocycles. The number of amides is 2. The van der Waals surface area contributed by atoms with Crippen LogP contribution in [0.15, 0.2) is 79.0 Å². The van der Waals surface area contributed by atoms with Crippen molar-refractivity contribution in [2.75, 3.05) is 11.9 Å². The Morgan fingerprint density at radius 2 is 1.53 bits per heavy atom. The molecule has 1 saturated carbocycles. The lowest BCUT2D eigenvalue weighted by atomic mass is 9.84. The maximum Gasteiger partial charge on any atom is 0.491 e. The van der Waals surface area contributed by atoms with Crippen molar-refractivity contribution in [3.8, 4) is 11.1 Å². The van der Waals surface area contributed by atoms with Gasteiger partial charge in [0, 0.05) is 19.2 Å². The maximum atomic E-state index is 13.8. The van der Waals surface area contributed by atoms with Gasteiger partial charge in [0.2, 0.25) is 11.8 Å². The van der Waals surface area contributed by atoms with Crippen LogP contribution in [0.3, 0.4) is 0 Å². The standard InChI is InChI=1S/C35H39F3N4O5/c36-35(37,38)34(46)47-32(44)23-28(27-18-16-26(17-19-27)25-12-5-2-6-13-25)42-33(45)29(22-24-10-3-1-4-11-24)41-31(43)15-9-21-40-30-14-7-8-20-39-30/h2,5-8,12-14,16-20,24,28-29H,1,3-4,9-11,15,21-23H2,(H,39,40)(H,41,43)(H,42,45)/t28?,29-/m0/s1. The highest BCUT2D eigenvalue weighted by atomic mass is 19.4. The van der Waals surface area contributed by atoms with Crippen LogP contribution in [-0.4, -0.2) is 47.5 Å². The average molecular weight is 653 g/mol. The fraction of sp³-hybridized carbons (Fsp3) is 0.400. The first-order valence-corrected chi connectivity index (χ1v) is 15.8. The summed E-state index contributed by atoms with van der Waals surface area (Å²) in [4.78, 5) is 54.8. The van der Waals surface area contributed by atoms with Gasteiger partial charge in [0.25, 0.3) is 0 Å². The summed E-state index contributed by atoms with van der Waals surface area (Å²) in [5, 5.41) is 8.73. The molecule has 1 aliphatic rings. The molecule has 9 nitrogen and oxygen atoms in total. The van der Waals surface area contributed by atoms with Gasteiger partial charge >= 0.3 is 18.1 Å². The first kappa shape index (κ1) is 35.1. The van der Waals surface area contributed by atoms with Gasteiger partial charge in [-0.25, -0.2) is 9.78 Å². The minimum Gasteiger partial charge on any atom is -0.386 e. The number of ether oxygens (including phenoxy) is 1. The number of nitrogens with zero attached hydrogens (tertiary/aromatic N) is 1. The van der Waals surface area contributed by atoms with Crippen molar-refractivity contribution in [1.29, 1.82) is 0 Å². The zero-order chi connectivity index (χ0) is 33.6. The van der Waals surface area contributed by atoms with Crippen molar-refractivity contribution in [3.05, 3.63) is 84.6 Å². The number of pyridine rings is 1. The van der Waals surface area contributed by atoms with Gasteiger partial charge in [-0.2, -0.15) is 13.2 Å². The number of carbonyl (C=O) groups is 4. The Labute approximate surface area is 271 Å². The summed E-state index contributed by atoms with van der Waals surface area (Å²) in [6, 6.07) is 19.6. The Kier molecular flexibility index (Phi) is 12.9. The highest BCUT2D eigenvalue weighted by Gasteiger charge is 2.42. The van der Waals surface area contributed by atoms with E-state index in [9.17, 15) is 32.3 Å². The molecule has 2 atom stereocenters. The molecule has 12 heteroatoms. The van der Waals surface area contributed by atoms with Crippen molar-refractivity contribution in [2.45, 2.75) is 76.0 Å². The van der Waals surface area contributed by atoms with Gasteiger partial charge < -0.3 is 20.7 Å². The van der Waals surface area contributed by atoms with E-state index in [-0.39, 0.29) is 18.2 Å². The van der Waals surface area contributed by atoms with Gasteiger partial charge in [0.05, 0.1) is 12.5 Å². The van der Waals surface area contributed by atoms with Gasteiger partial charge in [0.1, 0.15) is 11.9 Å². The summed E-state index contributed by atoms with van der Waals surface area (Å²) < 4.78 is 42.4. The van der Waals surface area contributed by atoms with Crippen LogP contribution in [0.1, 0.15) is 69.4 Å². The second kappa shape index (κ2) is 17.3. The van der Waals surface area contributed by atoms with E-state index < -0.39 is 42.5 Å². The Bertz CT molecular complexity index is 1460. The van der Waals surface area contributed by atoms with E-state index in [1.54, 1.807) is 36.5 Å². The molecule has 4 rings (SSSR count). The Balaban J connectivity index is 1.47. The Morgan fingerprint density at radius 1 is 0.851 bits per heavy atom. The molecule has 0 radical (unpaired) electrons. The molecule has 1 unspecified atom stereocenters. The van der Waals surface area contributed by atoms with Crippen LogP contribution < -0.4 is 16.0 Å². The number of benzene rings is 2. The smallest absolute Gasteiger partial charge is 0.386 e. The molecule has 2 amide bonds. The molecule has 3 N–H and O–H groups in total. The third-order valence-corrected chi connectivity index (χ3v) is 8.04. The van der Waals surface area contributed by atoms with Crippen LogP contribution in [-0.2, 0) is 23.9 Å². The third kappa shape index (κ3) is 11.5. The van der Waals surface area contributed by atoms with Crippen LogP contribution in [0.25, 0.3) is 11.1 Å². The number of alkyl halides is 3. The predicted octanol–water partition coefficient (Wildman–Crippen LogP) is 6.28. The van der Waals surface area contributed by atoms with E-state index >= 15 is 0 Å². The number of halogens is 3. The van der Waals surface area contributed by atoms with Gasteiger partial charge in [-0.1, -0.05) is 92.8 Å².